The van der Waals surface area contributed by atoms with Crippen LogP contribution >= 0.6 is 0 Å². The summed E-state index contributed by atoms with van der Waals surface area (Å²) in [7, 11) is 0. The van der Waals surface area contributed by atoms with Crippen molar-refractivity contribution < 1.29 is 22.8 Å². The highest BCUT2D eigenvalue weighted by Gasteiger charge is 2.67. The van der Waals surface area contributed by atoms with Crippen LogP contribution in [0.3, 0.4) is 0 Å². The molecule has 1 unspecified atom stereocenters. The second-order valence-corrected chi connectivity index (χ2v) is 6.88. The third-order valence-electron chi connectivity index (χ3n) is 5.05. The molecule has 0 saturated heterocycles. The highest BCUT2D eigenvalue weighted by molar-refractivity contribution is 6.16. The van der Waals surface area contributed by atoms with E-state index in [0.717, 1.165) is 24.2 Å². The smallest absolute Gasteiger partial charge is 0.316 e. The fourth-order valence-electron chi connectivity index (χ4n) is 3.63. The van der Waals surface area contributed by atoms with Crippen molar-refractivity contribution in [3.63, 3.8) is 0 Å². The van der Waals surface area contributed by atoms with Crippen LogP contribution in [-0.2, 0) is 9.59 Å². The number of aliphatic imine (C=N–C) groups is 1. The molecule has 0 aromatic heterocycles. The fourth-order valence-corrected chi connectivity index (χ4v) is 3.63. The van der Waals surface area contributed by atoms with E-state index in [4.69, 9.17) is 0 Å². The number of amidine groups is 1. The summed E-state index contributed by atoms with van der Waals surface area (Å²) in [6.07, 6.45) is -1.30. The SMILES string of the molecule is CCC(=O)NC1(C(F)(F)F)N=C(c2ccccc2)N(C2CCCCC2)C1=O. The van der Waals surface area contributed by atoms with E-state index >= 15 is 0 Å². The first-order valence-electron chi connectivity index (χ1n) is 9.17. The van der Waals surface area contributed by atoms with Gasteiger partial charge in [0.05, 0.1) is 0 Å². The van der Waals surface area contributed by atoms with Crippen LogP contribution in [0.15, 0.2) is 35.3 Å². The largest absolute Gasteiger partial charge is 0.442 e. The average molecular weight is 381 g/mol. The van der Waals surface area contributed by atoms with Crippen LogP contribution < -0.4 is 5.32 Å². The summed E-state index contributed by atoms with van der Waals surface area (Å²) in [5.41, 5.74) is -2.84. The van der Waals surface area contributed by atoms with Gasteiger partial charge in [0.2, 0.25) is 5.91 Å². The van der Waals surface area contributed by atoms with E-state index in [0.29, 0.717) is 18.4 Å². The quantitative estimate of drug-likeness (QED) is 0.869. The normalized spacial score (nSPS) is 24.1. The number of alkyl halides is 3. The van der Waals surface area contributed by atoms with E-state index in [1.54, 1.807) is 30.3 Å². The topological polar surface area (TPSA) is 61.8 Å². The molecule has 27 heavy (non-hydrogen) atoms. The Labute approximate surface area is 155 Å². The lowest BCUT2D eigenvalue weighted by atomic mass is 9.93. The molecule has 146 valence electrons. The Morgan fingerprint density at radius 3 is 2.41 bits per heavy atom. The Bertz CT molecular complexity index is 742. The summed E-state index contributed by atoms with van der Waals surface area (Å²) in [6.45, 7) is 1.43. The van der Waals surface area contributed by atoms with Gasteiger partial charge in [-0.3, -0.25) is 14.5 Å². The minimum atomic E-state index is -5.04. The lowest BCUT2D eigenvalue weighted by molar-refractivity contribution is -0.200. The minimum Gasteiger partial charge on any atom is -0.316 e. The Balaban J connectivity index is 2.12. The van der Waals surface area contributed by atoms with Crippen LogP contribution in [0.5, 0.6) is 0 Å². The van der Waals surface area contributed by atoms with E-state index in [2.05, 4.69) is 4.99 Å². The van der Waals surface area contributed by atoms with Crippen molar-refractivity contribution in [1.82, 2.24) is 10.2 Å². The van der Waals surface area contributed by atoms with E-state index < -0.39 is 23.7 Å². The lowest BCUT2D eigenvalue weighted by Crippen LogP contribution is -2.64. The molecule has 1 aromatic carbocycles. The van der Waals surface area contributed by atoms with Crippen LogP contribution in [0.1, 0.15) is 51.0 Å². The van der Waals surface area contributed by atoms with Crippen molar-refractivity contribution in [2.75, 3.05) is 0 Å². The first kappa shape index (κ1) is 19.4. The Hall–Kier alpha value is -2.38. The first-order valence-corrected chi connectivity index (χ1v) is 9.17. The molecule has 0 spiro atoms. The average Bonchev–Trinajstić information content (AvgIpc) is 2.96. The van der Waals surface area contributed by atoms with E-state index in [1.807, 2.05) is 5.32 Å². The third kappa shape index (κ3) is 3.44. The van der Waals surface area contributed by atoms with Gasteiger partial charge in [0, 0.05) is 18.0 Å². The Kier molecular flexibility index (Phi) is 5.26. The Morgan fingerprint density at radius 2 is 1.85 bits per heavy atom. The van der Waals surface area contributed by atoms with Gasteiger partial charge in [-0.15, -0.1) is 0 Å². The van der Waals surface area contributed by atoms with Gasteiger partial charge in [-0.1, -0.05) is 56.5 Å². The van der Waals surface area contributed by atoms with Crippen LogP contribution in [0.2, 0.25) is 0 Å². The molecule has 1 atom stereocenters. The zero-order valence-corrected chi connectivity index (χ0v) is 15.1. The van der Waals surface area contributed by atoms with Gasteiger partial charge in [-0.05, 0) is 12.8 Å². The minimum absolute atomic E-state index is 0.0266. The van der Waals surface area contributed by atoms with E-state index in [1.165, 1.54) is 6.92 Å². The predicted octanol–water partition coefficient (Wildman–Crippen LogP) is 3.39. The van der Waals surface area contributed by atoms with Gasteiger partial charge >= 0.3 is 11.8 Å². The number of carbonyl (C=O) groups is 2. The van der Waals surface area contributed by atoms with Gasteiger partial charge in [0.1, 0.15) is 5.84 Å². The molecule has 8 heteroatoms. The van der Waals surface area contributed by atoms with Gasteiger partial charge < -0.3 is 5.32 Å². The standard InChI is InChI=1S/C19H22F3N3O2/c1-2-15(26)23-18(19(20,21)22)17(27)25(14-11-7-4-8-12-14)16(24-18)13-9-5-3-6-10-13/h3,5-6,9-10,14H,2,4,7-8,11-12H2,1H3,(H,23,26). The summed E-state index contributed by atoms with van der Waals surface area (Å²) < 4.78 is 42.1. The number of rotatable bonds is 4. The molecule has 1 fully saturated rings. The summed E-state index contributed by atoms with van der Waals surface area (Å²) in [6, 6.07) is 7.99. The number of nitrogens with one attached hydrogen (secondary N) is 1. The molecular weight excluding hydrogens is 359 g/mol. The van der Waals surface area contributed by atoms with Gasteiger partial charge in [-0.25, -0.2) is 4.99 Å². The number of benzene rings is 1. The van der Waals surface area contributed by atoms with Crippen LogP contribution in [0.4, 0.5) is 13.2 Å². The number of halogens is 3. The zero-order valence-electron chi connectivity index (χ0n) is 15.1. The molecule has 0 bridgehead atoms. The number of hydrogen-bond acceptors (Lipinski definition) is 3. The van der Waals surface area contributed by atoms with Crippen molar-refractivity contribution in [1.29, 1.82) is 0 Å². The second kappa shape index (κ2) is 7.32. The predicted molar refractivity (Wildman–Crippen MR) is 93.9 cm³/mol. The molecule has 1 heterocycles. The molecular formula is C19H22F3N3O2. The number of hydrogen-bond donors (Lipinski definition) is 1. The highest BCUT2D eigenvalue weighted by atomic mass is 19.4. The number of carbonyl (C=O) groups excluding carboxylic acids is 2. The van der Waals surface area contributed by atoms with E-state index in [-0.39, 0.29) is 18.3 Å². The summed E-state index contributed by atoms with van der Waals surface area (Å²) in [4.78, 5) is 29.9. The zero-order chi connectivity index (χ0) is 19.7. The van der Waals surface area contributed by atoms with Crippen LogP contribution in [-0.4, -0.2) is 40.4 Å². The first-order chi connectivity index (χ1) is 12.8. The summed E-state index contributed by atoms with van der Waals surface area (Å²) in [5, 5.41) is 1.86. The molecule has 1 saturated carbocycles. The maximum absolute atomic E-state index is 14.0. The van der Waals surface area contributed by atoms with Gasteiger partial charge in [0.25, 0.3) is 5.91 Å². The molecule has 2 amide bonds. The fraction of sp³-hybridized carbons (Fsp3) is 0.526. The Morgan fingerprint density at radius 1 is 1.22 bits per heavy atom. The molecule has 2 aliphatic rings. The van der Waals surface area contributed by atoms with Crippen molar-refractivity contribution in [3.05, 3.63) is 35.9 Å². The van der Waals surface area contributed by atoms with Crippen molar-refractivity contribution in [2.24, 2.45) is 4.99 Å². The van der Waals surface area contributed by atoms with E-state index in [9.17, 15) is 22.8 Å². The maximum Gasteiger partial charge on any atom is 0.442 e. The summed E-state index contributed by atoms with van der Waals surface area (Å²) >= 11 is 0. The van der Waals surface area contributed by atoms with Crippen LogP contribution in [0.25, 0.3) is 0 Å². The molecule has 1 N–H and O–H groups in total. The molecule has 0 radical (unpaired) electrons. The summed E-state index contributed by atoms with van der Waals surface area (Å²) in [5.74, 6) is -2.12. The van der Waals surface area contributed by atoms with Crippen LogP contribution in [0, 0.1) is 0 Å². The second-order valence-electron chi connectivity index (χ2n) is 6.88. The highest BCUT2D eigenvalue weighted by Crippen LogP contribution is 2.40. The molecule has 1 aliphatic heterocycles. The molecule has 3 rings (SSSR count). The van der Waals surface area contributed by atoms with Gasteiger partial charge in [-0.2, -0.15) is 13.2 Å². The lowest BCUT2D eigenvalue weighted by Gasteiger charge is -2.34. The maximum atomic E-state index is 14.0. The van der Waals surface area contributed by atoms with Crippen molar-refractivity contribution in [2.45, 2.75) is 63.3 Å². The molecule has 5 nitrogen and oxygen atoms in total. The number of nitrogens with zero attached hydrogens (tertiary/aromatic N) is 2. The monoisotopic (exact) mass is 381 g/mol. The molecule has 1 aromatic rings. The third-order valence-corrected chi connectivity index (χ3v) is 5.05. The number of amides is 2. The van der Waals surface area contributed by atoms with Gasteiger partial charge in [0.15, 0.2) is 0 Å². The van der Waals surface area contributed by atoms with Crippen molar-refractivity contribution in [3.8, 4) is 0 Å². The van der Waals surface area contributed by atoms with Crippen molar-refractivity contribution >= 4 is 17.6 Å². The molecule has 1 aliphatic carbocycles.